The van der Waals surface area contributed by atoms with E-state index in [2.05, 4.69) is 37.5 Å². The van der Waals surface area contributed by atoms with Gasteiger partial charge < -0.3 is 9.84 Å². The second kappa shape index (κ2) is 7.88. The lowest BCUT2D eigenvalue weighted by atomic mass is 10.0. The summed E-state index contributed by atoms with van der Waals surface area (Å²) in [4.78, 5) is 11.4. The molecule has 0 saturated carbocycles. The van der Waals surface area contributed by atoms with Crippen molar-refractivity contribution in [2.75, 3.05) is 11.9 Å². The molecule has 1 aliphatic heterocycles. The van der Waals surface area contributed by atoms with Crippen molar-refractivity contribution in [2.45, 2.75) is 45.8 Å². The zero-order valence-corrected chi connectivity index (χ0v) is 15.9. The number of anilines is 1. The van der Waals surface area contributed by atoms with Crippen molar-refractivity contribution < 1.29 is 4.52 Å². The molecular formula is C21H25N5O. The van der Waals surface area contributed by atoms with E-state index in [9.17, 15) is 0 Å². The number of nitrogens with zero attached hydrogens (tertiary/aromatic N) is 4. The second-order valence-corrected chi connectivity index (χ2v) is 7.12. The van der Waals surface area contributed by atoms with Crippen LogP contribution in [0.25, 0.3) is 0 Å². The Labute approximate surface area is 159 Å². The lowest BCUT2D eigenvalue weighted by Crippen LogP contribution is -2.23. The summed E-state index contributed by atoms with van der Waals surface area (Å²) in [5, 5.41) is 7.40. The van der Waals surface area contributed by atoms with Crippen molar-refractivity contribution in [2.24, 2.45) is 0 Å². The Balaban J connectivity index is 1.39. The van der Waals surface area contributed by atoms with Gasteiger partial charge in [-0.15, -0.1) is 0 Å². The van der Waals surface area contributed by atoms with Gasteiger partial charge in [0.1, 0.15) is 5.76 Å². The average molecular weight is 363 g/mol. The van der Waals surface area contributed by atoms with Gasteiger partial charge in [0.05, 0.1) is 5.69 Å². The van der Waals surface area contributed by atoms with Crippen molar-refractivity contribution >= 4 is 5.95 Å². The Morgan fingerprint density at radius 1 is 1.11 bits per heavy atom. The van der Waals surface area contributed by atoms with Gasteiger partial charge in [-0.3, -0.25) is 4.90 Å². The fraction of sp³-hybridized carbons (Fsp3) is 0.381. The predicted molar refractivity (Wildman–Crippen MR) is 104 cm³/mol. The van der Waals surface area contributed by atoms with Crippen molar-refractivity contribution in [3.8, 4) is 0 Å². The summed E-state index contributed by atoms with van der Waals surface area (Å²) in [5.74, 6) is 1.59. The van der Waals surface area contributed by atoms with Crippen molar-refractivity contribution in [1.82, 2.24) is 20.0 Å². The highest BCUT2D eigenvalue weighted by molar-refractivity contribution is 5.29. The molecule has 0 amide bonds. The molecule has 1 saturated heterocycles. The summed E-state index contributed by atoms with van der Waals surface area (Å²) in [5.41, 5.74) is 4.58. The SMILES string of the molecule is Cc1noc(C)c1[C@@H]1CCCN1Cc1cnc(NCc2ccccc2)nc1. The van der Waals surface area contributed by atoms with Crippen LogP contribution in [0.1, 0.15) is 47.0 Å². The highest BCUT2D eigenvalue weighted by atomic mass is 16.5. The van der Waals surface area contributed by atoms with Crippen LogP contribution in [0.15, 0.2) is 47.2 Å². The molecule has 140 valence electrons. The summed E-state index contributed by atoms with van der Waals surface area (Å²) in [6.07, 6.45) is 6.17. The number of hydrogen-bond donors (Lipinski definition) is 1. The van der Waals surface area contributed by atoms with Gasteiger partial charge >= 0.3 is 0 Å². The van der Waals surface area contributed by atoms with Gasteiger partial charge in [-0.2, -0.15) is 0 Å². The Kier molecular flexibility index (Phi) is 5.16. The van der Waals surface area contributed by atoms with E-state index in [4.69, 9.17) is 4.52 Å². The Bertz CT molecular complexity index is 856. The van der Waals surface area contributed by atoms with Gasteiger partial charge in [0.25, 0.3) is 0 Å². The number of aryl methyl sites for hydroxylation is 2. The van der Waals surface area contributed by atoms with Gasteiger partial charge in [0.2, 0.25) is 5.95 Å². The fourth-order valence-electron chi connectivity index (χ4n) is 3.85. The summed E-state index contributed by atoms with van der Waals surface area (Å²) in [7, 11) is 0. The lowest BCUT2D eigenvalue weighted by Gasteiger charge is -2.24. The molecular weight excluding hydrogens is 338 g/mol. The number of aromatic nitrogens is 3. The minimum Gasteiger partial charge on any atom is -0.361 e. The van der Waals surface area contributed by atoms with Crippen LogP contribution >= 0.6 is 0 Å². The molecule has 3 aromatic rings. The Morgan fingerprint density at radius 3 is 2.59 bits per heavy atom. The monoisotopic (exact) mass is 363 g/mol. The number of nitrogens with one attached hydrogen (secondary N) is 1. The molecule has 1 atom stereocenters. The highest BCUT2D eigenvalue weighted by Gasteiger charge is 2.30. The smallest absolute Gasteiger partial charge is 0.222 e. The predicted octanol–water partition coefficient (Wildman–Crippen LogP) is 4.03. The topological polar surface area (TPSA) is 67.1 Å². The van der Waals surface area contributed by atoms with Crippen LogP contribution in [-0.2, 0) is 13.1 Å². The summed E-state index contributed by atoms with van der Waals surface area (Å²) >= 11 is 0. The van der Waals surface area contributed by atoms with Crippen LogP contribution in [0.3, 0.4) is 0 Å². The molecule has 0 spiro atoms. The molecule has 6 nitrogen and oxygen atoms in total. The van der Waals surface area contributed by atoms with Gasteiger partial charge in [-0.25, -0.2) is 9.97 Å². The van der Waals surface area contributed by atoms with Crippen LogP contribution < -0.4 is 5.32 Å². The maximum absolute atomic E-state index is 5.38. The van der Waals surface area contributed by atoms with Gasteiger partial charge in [0.15, 0.2) is 0 Å². The van der Waals surface area contributed by atoms with Crippen LogP contribution in [0.5, 0.6) is 0 Å². The maximum atomic E-state index is 5.38. The van der Waals surface area contributed by atoms with E-state index in [-0.39, 0.29) is 0 Å². The third-order valence-electron chi connectivity index (χ3n) is 5.17. The van der Waals surface area contributed by atoms with E-state index >= 15 is 0 Å². The summed E-state index contributed by atoms with van der Waals surface area (Å²) in [6, 6.07) is 10.6. The first-order valence-corrected chi connectivity index (χ1v) is 9.46. The largest absolute Gasteiger partial charge is 0.361 e. The van der Waals surface area contributed by atoms with Gasteiger partial charge in [-0.1, -0.05) is 35.5 Å². The molecule has 3 heterocycles. The first-order valence-electron chi connectivity index (χ1n) is 9.46. The quantitative estimate of drug-likeness (QED) is 0.713. The van der Waals surface area contributed by atoms with Crippen LogP contribution in [0, 0.1) is 13.8 Å². The molecule has 1 N–H and O–H groups in total. The molecule has 6 heteroatoms. The molecule has 0 radical (unpaired) electrons. The highest BCUT2D eigenvalue weighted by Crippen LogP contribution is 2.36. The average Bonchev–Trinajstić information content (AvgIpc) is 3.27. The number of rotatable bonds is 6. The Hall–Kier alpha value is -2.73. The molecule has 27 heavy (non-hydrogen) atoms. The molecule has 0 bridgehead atoms. The second-order valence-electron chi connectivity index (χ2n) is 7.12. The summed E-state index contributed by atoms with van der Waals surface area (Å²) in [6.45, 7) is 6.66. The molecule has 4 rings (SSSR count). The maximum Gasteiger partial charge on any atom is 0.222 e. The van der Waals surface area contributed by atoms with Crippen molar-refractivity contribution in [3.63, 3.8) is 0 Å². The van der Waals surface area contributed by atoms with E-state index in [0.717, 1.165) is 43.1 Å². The Morgan fingerprint density at radius 2 is 1.89 bits per heavy atom. The van der Waals surface area contributed by atoms with Crippen LogP contribution in [0.2, 0.25) is 0 Å². The minimum absolute atomic E-state index is 0.368. The lowest BCUT2D eigenvalue weighted by molar-refractivity contribution is 0.245. The zero-order valence-electron chi connectivity index (χ0n) is 15.9. The minimum atomic E-state index is 0.368. The third kappa shape index (κ3) is 4.01. The van der Waals surface area contributed by atoms with Crippen molar-refractivity contribution in [3.05, 3.63) is 70.9 Å². The van der Waals surface area contributed by atoms with Crippen LogP contribution in [0.4, 0.5) is 5.95 Å². The van der Waals surface area contributed by atoms with E-state index in [1.165, 1.54) is 17.5 Å². The molecule has 2 aromatic heterocycles. The van der Waals surface area contributed by atoms with Gasteiger partial charge in [-0.05, 0) is 38.8 Å². The third-order valence-corrected chi connectivity index (χ3v) is 5.17. The summed E-state index contributed by atoms with van der Waals surface area (Å²) < 4.78 is 5.38. The number of hydrogen-bond acceptors (Lipinski definition) is 6. The van der Waals surface area contributed by atoms with E-state index in [0.29, 0.717) is 12.0 Å². The van der Waals surface area contributed by atoms with Crippen LogP contribution in [-0.4, -0.2) is 26.6 Å². The van der Waals surface area contributed by atoms with Crippen molar-refractivity contribution in [1.29, 1.82) is 0 Å². The number of benzene rings is 1. The normalized spacial score (nSPS) is 17.3. The van der Waals surface area contributed by atoms with E-state index in [1.807, 2.05) is 44.4 Å². The number of likely N-dealkylation sites (tertiary alicyclic amines) is 1. The fourth-order valence-corrected chi connectivity index (χ4v) is 3.85. The molecule has 0 aliphatic carbocycles. The molecule has 1 aliphatic rings. The van der Waals surface area contributed by atoms with Gasteiger partial charge in [0, 0.05) is 42.7 Å². The van der Waals surface area contributed by atoms with E-state index < -0.39 is 0 Å². The standard InChI is InChI=1S/C21H25N5O/c1-15-20(16(2)27-25-15)19-9-6-10-26(19)14-18-12-23-21(24-13-18)22-11-17-7-4-3-5-8-17/h3-5,7-8,12-13,19H,6,9-11,14H2,1-2H3,(H,22,23,24)/t19-/m0/s1. The molecule has 0 unspecified atom stereocenters. The molecule has 1 aromatic carbocycles. The first-order chi connectivity index (χ1) is 13.2. The zero-order chi connectivity index (χ0) is 18.6. The first kappa shape index (κ1) is 17.7. The molecule has 1 fully saturated rings. The van der Waals surface area contributed by atoms with E-state index in [1.54, 1.807) is 0 Å².